The third kappa shape index (κ3) is 4.75. The number of urea groups is 1. The van der Waals surface area contributed by atoms with Crippen LogP contribution in [0, 0.1) is 6.92 Å². The van der Waals surface area contributed by atoms with Crippen molar-refractivity contribution in [2.24, 2.45) is 0 Å². The molecule has 2 aromatic rings. The first-order valence-electron chi connectivity index (χ1n) is 9.53. The van der Waals surface area contributed by atoms with E-state index in [1.54, 1.807) is 31.2 Å². The van der Waals surface area contributed by atoms with Gasteiger partial charge in [-0.3, -0.25) is 14.9 Å². The van der Waals surface area contributed by atoms with Crippen molar-refractivity contribution in [2.45, 2.75) is 20.8 Å². The lowest BCUT2D eigenvalue weighted by Gasteiger charge is -2.26. The second-order valence-corrected chi connectivity index (χ2v) is 7.84. The Balaban J connectivity index is 2.05. The first-order chi connectivity index (χ1) is 14.8. The third-order valence-electron chi connectivity index (χ3n) is 4.48. The summed E-state index contributed by atoms with van der Waals surface area (Å²) in [6.45, 7) is 6.35. The van der Waals surface area contributed by atoms with Gasteiger partial charge in [0.25, 0.3) is 11.8 Å². The van der Waals surface area contributed by atoms with Gasteiger partial charge >= 0.3 is 6.03 Å². The Hall–Kier alpha value is -2.84. The predicted molar refractivity (Wildman–Crippen MR) is 122 cm³/mol. The van der Waals surface area contributed by atoms with Crippen molar-refractivity contribution in [2.75, 3.05) is 18.1 Å². The van der Waals surface area contributed by atoms with E-state index in [0.29, 0.717) is 39.8 Å². The highest BCUT2D eigenvalue weighted by molar-refractivity contribution is 9.10. The van der Waals surface area contributed by atoms with Crippen molar-refractivity contribution >= 4 is 57.1 Å². The van der Waals surface area contributed by atoms with Crippen LogP contribution in [0.3, 0.4) is 0 Å². The summed E-state index contributed by atoms with van der Waals surface area (Å²) in [5.41, 5.74) is 1.37. The number of halogens is 2. The topological polar surface area (TPSA) is 84.9 Å². The van der Waals surface area contributed by atoms with Crippen LogP contribution in [0.4, 0.5) is 10.5 Å². The predicted octanol–water partition coefficient (Wildman–Crippen LogP) is 4.87. The minimum absolute atomic E-state index is 0.205. The first-order valence-corrected chi connectivity index (χ1v) is 10.7. The summed E-state index contributed by atoms with van der Waals surface area (Å²) >= 11 is 9.59. The maximum Gasteiger partial charge on any atom is 0.335 e. The van der Waals surface area contributed by atoms with Crippen molar-refractivity contribution in [1.29, 1.82) is 0 Å². The standard InChI is InChI=1S/C22H20BrClN2O5/c1-4-30-18-9-13(16(23)11-19(18)31-5-2)8-15-20(27)25-22(29)26(21(15)28)14-7-6-12(3)17(24)10-14/h6-11H,4-5H2,1-3H3,(H,25,27,29)/b15-8-. The molecule has 0 bridgehead atoms. The Morgan fingerprint density at radius 1 is 1.06 bits per heavy atom. The van der Waals surface area contributed by atoms with Crippen LogP contribution in [-0.4, -0.2) is 31.1 Å². The van der Waals surface area contributed by atoms with Crippen LogP contribution >= 0.6 is 27.5 Å². The highest BCUT2D eigenvalue weighted by atomic mass is 79.9. The van der Waals surface area contributed by atoms with Gasteiger partial charge in [0.1, 0.15) is 5.57 Å². The number of carbonyl (C=O) groups excluding carboxylic acids is 3. The molecule has 0 atom stereocenters. The minimum atomic E-state index is -0.840. The van der Waals surface area contributed by atoms with Gasteiger partial charge in [-0.25, -0.2) is 9.69 Å². The fourth-order valence-electron chi connectivity index (χ4n) is 2.97. The number of amides is 4. The van der Waals surface area contributed by atoms with E-state index in [0.717, 1.165) is 10.5 Å². The summed E-state index contributed by atoms with van der Waals surface area (Å²) in [5, 5.41) is 2.60. The van der Waals surface area contributed by atoms with Gasteiger partial charge in [-0.2, -0.15) is 0 Å². The molecule has 0 radical (unpaired) electrons. The number of imide groups is 2. The maximum atomic E-state index is 13.1. The van der Waals surface area contributed by atoms with Gasteiger partial charge in [0.15, 0.2) is 11.5 Å². The molecule has 1 aliphatic rings. The number of hydrogen-bond acceptors (Lipinski definition) is 5. The van der Waals surface area contributed by atoms with Gasteiger partial charge in [0.2, 0.25) is 0 Å². The van der Waals surface area contributed by atoms with Crippen LogP contribution in [-0.2, 0) is 9.59 Å². The van der Waals surface area contributed by atoms with Crippen molar-refractivity contribution in [3.8, 4) is 11.5 Å². The number of anilines is 1. The molecular formula is C22H20BrClN2O5. The molecule has 0 aliphatic carbocycles. The first kappa shape index (κ1) is 22.8. The smallest absolute Gasteiger partial charge is 0.335 e. The van der Waals surface area contributed by atoms with Crippen molar-refractivity contribution in [3.05, 3.63) is 56.5 Å². The zero-order chi connectivity index (χ0) is 22.7. The summed E-state index contributed by atoms with van der Waals surface area (Å²) in [6, 6.07) is 7.31. The number of nitrogens with zero attached hydrogens (tertiary/aromatic N) is 1. The van der Waals surface area contributed by atoms with Gasteiger partial charge in [-0.05, 0) is 62.2 Å². The highest BCUT2D eigenvalue weighted by Crippen LogP contribution is 2.35. The zero-order valence-electron chi connectivity index (χ0n) is 17.1. The second-order valence-electron chi connectivity index (χ2n) is 6.58. The van der Waals surface area contributed by atoms with Crippen LogP contribution < -0.4 is 19.7 Å². The number of barbiturate groups is 1. The molecular weight excluding hydrogens is 488 g/mol. The molecule has 9 heteroatoms. The molecule has 1 aliphatic heterocycles. The van der Waals surface area contributed by atoms with Crippen molar-refractivity contribution in [1.82, 2.24) is 5.32 Å². The number of carbonyl (C=O) groups is 3. The average Bonchev–Trinajstić information content (AvgIpc) is 2.71. The van der Waals surface area contributed by atoms with E-state index in [2.05, 4.69) is 21.2 Å². The normalized spacial score (nSPS) is 15.3. The molecule has 31 heavy (non-hydrogen) atoms. The molecule has 0 unspecified atom stereocenters. The molecule has 1 N–H and O–H groups in total. The molecule has 7 nitrogen and oxygen atoms in total. The number of aryl methyl sites for hydroxylation is 1. The van der Waals surface area contributed by atoms with Crippen LogP contribution in [0.1, 0.15) is 25.0 Å². The Morgan fingerprint density at radius 2 is 1.71 bits per heavy atom. The van der Waals surface area contributed by atoms with E-state index < -0.39 is 17.8 Å². The van der Waals surface area contributed by atoms with Crippen LogP contribution in [0.25, 0.3) is 6.08 Å². The Morgan fingerprint density at radius 3 is 2.32 bits per heavy atom. The highest BCUT2D eigenvalue weighted by Gasteiger charge is 2.37. The van der Waals surface area contributed by atoms with E-state index in [1.165, 1.54) is 12.1 Å². The monoisotopic (exact) mass is 506 g/mol. The molecule has 162 valence electrons. The summed E-state index contributed by atoms with van der Waals surface area (Å²) < 4.78 is 11.8. The summed E-state index contributed by atoms with van der Waals surface area (Å²) in [4.78, 5) is 38.8. The number of benzene rings is 2. The molecule has 0 aromatic heterocycles. The van der Waals surface area contributed by atoms with E-state index in [1.807, 2.05) is 13.8 Å². The molecule has 2 aromatic carbocycles. The van der Waals surface area contributed by atoms with Gasteiger partial charge in [-0.15, -0.1) is 0 Å². The van der Waals surface area contributed by atoms with Crippen LogP contribution in [0.2, 0.25) is 5.02 Å². The Labute approximate surface area is 193 Å². The van der Waals surface area contributed by atoms with Crippen molar-refractivity contribution in [3.63, 3.8) is 0 Å². The Bertz CT molecular complexity index is 1100. The average molecular weight is 508 g/mol. The molecule has 1 fully saturated rings. The molecule has 4 amide bonds. The van der Waals surface area contributed by atoms with Crippen LogP contribution in [0.15, 0.2) is 40.4 Å². The van der Waals surface area contributed by atoms with Crippen LogP contribution in [0.5, 0.6) is 11.5 Å². The Kier molecular flexibility index (Phi) is 7.02. The fourth-order valence-corrected chi connectivity index (χ4v) is 3.58. The summed E-state index contributed by atoms with van der Waals surface area (Å²) in [7, 11) is 0. The summed E-state index contributed by atoms with van der Waals surface area (Å²) in [5.74, 6) is -0.541. The lowest BCUT2D eigenvalue weighted by atomic mass is 10.1. The second kappa shape index (κ2) is 9.53. The molecule has 0 spiro atoms. The zero-order valence-corrected chi connectivity index (χ0v) is 19.5. The summed E-state index contributed by atoms with van der Waals surface area (Å²) in [6.07, 6.45) is 1.40. The number of nitrogens with one attached hydrogen (secondary N) is 1. The lowest BCUT2D eigenvalue weighted by molar-refractivity contribution is -0.122. The number of rotatable bonds is 6. The number of ether oxygens (including phenoxy) is 2. The fraction of sp³-hybridized carbons (Fsp3) is 0.227. The third-order valence-corrected chi connectivity index (χ3v) is 5.57. The maximum absolute atomic E-state index is 13.1. The minimum Gasteiger partial charge on any atom is -0.490 e. The van der Waals surface area contributed by atoms with Gasteiger partial charge in [0, 0.05) is 9.50 Å². The quantitative estimate of drug-likeness (QED) is 0.445. The van der Waals surface area contributed by atoms with E-state index in [4.69, 9.17) is 21.1 Å². The SMILES string of the molecule is CCOc1cc(Br)c(/C=C2/C(=O)NC(=O)N(c3ccc(C)c(Cl)c3)C2=O)cc1OCC. The van der Waals surface area contributed by atoms with E-state index >= 15 is 0 Å². The number of hydrogen-bond donors (Lipinski definition) is 1. The molecule has 3 rings (SSSR count). The molecule has 1 saturated heterocycles. The van der Waals surface area contributed by atoms with E-state index in [9.17, 15) is 14.4 Å². The van der Waals surface area contributed by atoms with Crippen molar-refractivity contribution < 1.29 is 23.9 Å². The molecule has 0 saturated carbocycles. The lowest BCUT2D eigenvalue weighted by Crippen LogP contribution is -2.54. The molecule has 1 heterocycles. The largest absolute Gasteiger partial charge is 0.490 e. The van der Waals surface area contributed by atoms with Gasteiger partial charge < -0.3 is 9.47 Å². The van der Waals surface area contributed by atoms with E-state index in [-0.39, 0.29) is 11.3 Å². The van der Waals surface area contributed by atoms with Gasteiger partial charge in [-0.1, -0.05) is 33.6 Å². The van der Waals surface area contributed by atoms with Gasteiger partial charge in [0.05, 0.1) is 18.9 Å².